The molecule has 0 atom stereocenters. The lowest BCUT2D eigenvalue weighted by Gasteiger charge is -2.22. The summed E-state index contributed by atoms with van der Waals surface area (Å²) in [5, 5.41) is 0. The van der Waals surface area contributed by atoms with E-state index in [2.05, 4.69) is 13.8 Å². The summed E-state index contributed by atoms with van der Waals surface area (Å²) in [6, 6.07) is 10.2. The molecule has 1 aliphatic rings. The van der Waals surface area contributed by atoms with Gasteiger partial charge in [-0.3, -0.25) is 0 Å². The summed E-state index contributed by atoms with van der Waals surface area (Å²) >= 11 is 0. The Morgan fingerprint density at radius 3 is 2.18 bits per heavy atom. The van der Waals surface area contributed by atoms with Gasteiger partial charge in [-0.1, -0.05) is 62.3 Å². The minimum absolute atomic E-state index is 0.182. The van der Waals surface area contributed by atoms with Crippen molar-refractivity contribution in [2.45, 2.75) is 19.3 Å². The van der Waals surface area contributed by atoms with Gasteiger partial charge >= 0.3 is 0 Å². The monoisotopic (exact) mass is 290 g/mol. The largest absolute Gasteiger partial charge is 0.399 e. The molecule has 0 saturated heterocycles. The van der Waals surface area contributed by atoms with E-state index in [1.165, 1.54) is 0 Å². The molecule has 3 aromatic rings. The zero-order valence-corrected chi connectivity index (χ0v) is 12.5. The van der Waals surface area contributed by atoms with Crippen LogP contribution in [0.1, 0.15) is 31.8 Å². The van der Waals surface area contributed by atoms with Gasteiger partial charge in [0.1, 0.15) is 0 Å². The maximum atomic E-state index is 8.24. The van der Waals surface area contributed by atoms with Crippen LogP contribution >= 0.6 is 0 Å². The molecule has 0 fully saturated rings. The van der Waals surface area contributed by atoms with Gasteiger partial charge in [0.25, 0.3) is 0 Å². The summed E-state index contributed by atoms with van der Waals surface area (Å²) in [5.41, 5.74) is 11.7. The van der Waals surface area contributed by atoms with Crippen molar-refractivity contribution >= 4 is 5.69 Å². The second kappa shape index (κ2) is 4.48. The Kier molecular flexibility index (Phi) is 1.79. The first-order chi connectivity index (χ1) is 12.6. The van der Waals surface area contributed by atoms with Gasteiger partial charge in [-0.15, -0.1) is 0 Å². The Bertz CT molecular complexity index is 1090. The van der Waals surface area contributed by atoms with Crippen molar-refractivity contribution in [1.29, 1.82) is 0 Å². The lowest BCUT2D eigenvalue weighted by atomic mass is 9.81. The number of benzene rings is 3. The van der Waals surface area contributed by atoms with E-state index in [0.717, 1.165) is 22.3 Å². The highest BCUT2D eigenvalue weighted by Crippen LogP contribution is 2.50. The molecular formula is C21H19N. The van der Waals surface area contributed by atoms with E-state index in [1.54, 1.807) is 0 Å². The van der Waals surface area contributed by atoms with Gasteiger partial charge in [0.05, 0.1) is 6.85 Å². The molecule has 1 nitrogen and oxygen atoms in total. The molecule has 0 aliphatic heterocycles. The zero-order valence-electron chi connectivity index (χ0n) is 17.5. The molecule has 0 spiro atoms. The first kappa shape index (κ1) is 8.79. The molecule has 3 aromatic carbocycles. The number of rotatable bonds is 1. The highest BCUT2D eigenvalue weighted by atomic mass is 14.5. The van der Waals surface area contributed by atoms with Crippen molar-refractivity contribution in [3.8, 4) is 22.3 Å². The third-order valence-electron chi connectivity index (χ3n) is 4.49. The maximum absolute atomic E-state index is 8.24. The van der Waals surface area contributed by atoms with Crippen molar-refractivity contribution < 1.29 is 6.85 Å². The van der Waals surface area contributed by atoms with Crippen molar-refractivity contribution in [1.82, 2.24) is 0 Å². The van der Waals surface area contributed by atoms with Crippen LogP contribution in [0.25, 0.3) is 22.3 Å². The Morgan fingerprint density at radius 2 is 1.45 bits per heavy atom. The predicted octanol–water partition coefficient (Wildman–Crippen LogP) is 5.24. The highest BCUT2D eigenvalue weighted by Gasteiger charge is 2.35. The Balaban J connectivity index is 1.98. The lowest BCUT2D eigenvalue weighted by molar-refractivity contribution is 0.661. The van der Waals surface area contributed by atoms with E-state index in [9.17, 15) is 0 Å². The summed E-state index contributed by atoms with van der Waals surface area (Å²) in [6.07, 6.45) is 0. The fourth-order valence-corrected chi connectivity index (χ4v) is 3.30. The number of nitrogen functional groups attached to an aromatic ring is 1. The van der Waals surface area contributed by atoms with Crippen molar-refractivity contribution in [3.05, 3.63) is 77.7 Å². The number of anilines is 1. The van der Waals surface area contributed by atoms with Crippen molar-refractivity contribution in [2.75, 3.05) is 5.73 Å². The van der Waals surface area contributed by atoms with Crippen LogP contribution in [0, 0.1) is 0 Å². The van der Waals surface area contributed by atoms with E-state index in [1.807, 2.05) is 36.4 Å². The van der Waals surface area contributed by atoms with Gasteiger partial charge in [0.2, 0.25) is 0 Å². The molecule has 0 heterocycles. The SMILES string of the molecule is [2H]c1c([2H])c([2H])c(-c2ccc3c(c2)C(C)(C)c2cc(N)ccc2-3)c([2H])c1[2H]. The molecule has 0 radical (unpaired) electrons. The van der Waals surface area contributed by atoms with Gasteiger partial charge in [-0.25, -0.2) is 0 Å². The van der Waals surface area contributed by atoms with Crippen LogP contribution in [0.4, 0.5) is 5.69 Å². The molecule has 22 heavy (non-hydrogen) atoms. The van der Waals surface area contributed by atoms with Crippen LogP contribution in [0.2, 0.25) is 0 Å². The first-order valence-corrected chi connectivity index (χ1v) is 7.26. The number of hydrogen-bond acceptors (Lipinski definition) is 1. The summed E-state index contributed by atoms with van der Waals surface area (Å²) in [7, 11) is 0. The first-order valence-electron chi connectivity index (χ1n) is 9.76. The molecule has 0 saturated carbocycles. The van der Waals surface area contributed by atoms with Gasteiger partial charge in [-0.05, 0) is 51.6 Å². The summed E-state index contributed by atoms with van der Waals surface area (Å²) in [5.74, 6) is 0. The van der Waals surface area contributed by atoms with Crippen molar-refractivity contribution in [3.63, 3.8) is 0 Å². The molecule has 108 valence electrons. The average molecular weight is 290 g/mol. The minimum atomic E-state index is -0.377. The second-order valence-corrected chi connectivity index (χ2v) is 6.19. The minimum Gasteiger partial charge on any atom is -0.399 e. The summed E-state index contributed by atoms with van der Waals surface area (Å²) < 4.78 is 40.1. The van der Waals surface area contributed by atoms with Gasteiger partial charge in [0.15, 0.2) is 0 Å². The van der Waals surface area contributed by atoms with Crippen LogP contribution in [0.15, 0.2) is 66.6 Å². The number of nitrogens with two attached hydrogens (primary N) is 1. The van der Waals surface area contributed by atoms with Gasteiger partial charge in [0, 0.05) is 11.1 Å². The quantitative estimate of drug-likeness (QED) is 0.609. The Hall–Kier alpha value is -2.54. The van der Waals surface area contributed by atoms with E-state index in [-0.39, 0.29) is 41.2 Å². The fraction of sp³-hybridized carbons (Fsp3) is 0.143. The zero-order chi connectivity index (χ0) is 19.7. The standard InChI is InChI=1S/C21H19N/c1-21(2)19-12-15(14-6-4-3-5-7-14)8-10-17(19)18-11-9-16(22)13-20(18)21/h3-13H,22H2,1-2H3/i3D,4D,5D,6D,7D. The summed E-state index contributed by atoms with van der Waals surface area (Å²) in [6.45, 7) is 4.23. The van der Waals surface area contributed by atoms with E-state index >= 15 is 0 Å². The molecular weight excluding hydrogens is 266 g/mol. The molecule has 0 bridgehead atoms. The third-order valence-corrected chi connectivity index (χ3v) is 4.49. The molecule has 1 aliphatic carbocycles. The normalized spacial score (nSPS) is 17.6. The van der Waals surface area contributed by atoms with Crippen LogP contribution in [0.3, 0.4) is 0 Å². The fourth-order valence-electron chi connectivity index (χ4n) is 3.30. The van der Waals surface area contributed by atoms with Crippen molar-refractivity contribution in [2.24, 2.45) is 0 Å². The Labute approximate surface area is 138 Å². The van der Waals surface area contributed by atoms with Gasteiger partial charge < -0.3 is 5.73 Å². The van der Waals surface area contributed by atoms with E-state index in [0.29, 0.717) is 11.3 Å². The van der Waals surface area contributed by atoms with E-state index < -0.39 is 0 Å². The summed E-state index contributed by atoms with van der Waals surface area (Å²) in [4.78, 5) is 0. The maximum Gasteiger partial charge on any atom is 0.0629 e. The predicted molar refractivity (Wildman–Crippen MR) is 93.9 cm³/mol. The molecule has 0 unspecified atom stereocenters. The van der Waals surface area contributed by atoms with E-state index in [4.69, 9.17) is 12.6 Å². The van der Waals surface area contributed by atoms with Crippen LogP contribution in [-0.2, 0) is 5.41 Å². The number of fused-ring (bicyclic) bond motifs is 3. The van der Waals surface area contributed by atoms with Crippen LogP contribution in [-0.4, -0.2) is 0 Å². The average Bonchev–Trinajstić information content (AvgIpc) is 2.86. The molecule has 1 heteroatoms. The smallest absolute Gasteiger partial charge is 0.0629 e. The van der Waals surface area contributed by atoms with Crippen LogP contribution < -0.4 is 5.73 Å². The van der Waals surface area contributed by atoms with Crippen LogP contribution in [0.5, 0.6) is 0 Å². The lowest BCUT2D eigenvalue weighted by Crippen LogP contribution is -2.15. The highest BCUT2D eigenvalue weighted by molar-refractivity contribution is 5.84. The molecule has 2 N–H and O–H groups in total. The molecule has 0 aromatic heterocycles. The molecule has 4 rings (SSSR count). The van der Waals surface area contributed by atoms with Gasteiger partial charge in [-0.2, -0.15) is 0 Å². The Morgan fingerprint density at radius 1 is 0.818 bits per heavy atom. The molecule has 0 amide bonds. The second-order valence-electron chi connectivity index (χ2n) is 6.19. The number of hydrogen-bond donors (Lipinski definition) is 1. The third kappa shape index (κ3) is 1.79. The topological polar surface area (TPSA) is 26.0 Å².